The Morgan fingerprint density at radius 1 is 1.20 bits per heavy atom. The average molecular weight is 531 g/mol. The van der Waals surface area contributed by atoms with Gasteiger partial charge in [-0.2, -0.15) is 13.2 Å². The second kappa shape index (κ2) is 9.51. The van der Waals surface area contributed by atoms with Gasteiger partial charge in [0, 0.05) is 24.3 Å². The minimum atomic E-state index is -4.84. The van der Waals surface area contributed by atoms with Crippen LogP contribution in [0.1, 0.15) is 30.2 Å². The number of hydrogen-bond acceptors (Lipinski definition) is 7. The summed E-state index contributed by atoms with van der Waals surface area (Å²) in [6, 6.07) is 4.15. The number of rotatable bonds is 8. The molecule has 0 spiro atoms. The standard InChI is InChI=1S/C21H18F4N4O4S2/c1-33-18(17-10-34-20(28-17)29-35(31,32)14-3-4-14)19(30)27-16-5-2-11(7-15(16)21(23,24)25)12-6-13(22)9-26-8-12/h2,5-10,14,18H,3-4H2,1H3,(H,27,30)(H,28,29). The van der Waals surface area contributed by atoms with E-state index in [0.717, 1.165) is 35.7 Å². The molecule has 0 bridgehead atoms. The highest BCUT2D eigenvalue weighted by atomic mass is 32.2. The van der Waals surface area contributed by atoms with Crippen molar-refractivity contribution >= 4 is 38.1 Å². The van der Waals surface area contributed by atoms with E-state index in [1.807, 2.05) is 0 Å². The first-order valence-electron chi connectivity index (χ1n) is 10.1. The van der Waals surface area contributed by atoms with E-state index in [0.29, 0.717) is 12.8 Å². The lowest BCUT2D eigenvalue weighted by Gasteiger charge is -2.18. The van der Waals surface area contributed by atoms with Gasteiger partial charge in [-0.25, -0.2) is 17.8 Å². The lowest BCUT2D eigenvalue weighted by molar-refractivity contribution is -0.137. The van der Waals surface area contributed by atoms with Crippen LogP contribution in [0, 0.1) is 5.82 Å². The maximum atomic E-state index is 13.8. The van der Waals surface area contributed by atoms with Crippen molar-refractivity contribution in [2.24, 2.45) is 0 Å². The quantitative estimate of drug-likeness (QED) is 0.412. The fourth-order valence-corrected chi connectivity index (χ4v) is 5.55. The molecule has 1 saturated carbocycles. The lowest BCUT2D eigenvalue weighted by Crippen LogP contribution is -2.24. The van der Waals surface area contributed by atoms with Gasteiger partial charge in [-0.05, 0) is 36.6 Å². The van der Waals surface area contributed by atoms with Crippen LogP contribution in [-0.4, -0.2) is 36.7 Å². The number of pyridine rings is 1. The Labute approximate surface area is 201 Å². The molecule has 2 N–H and O–H groups in total. The summed E-state index contributed by atoms with van der Waals surface area (Å²) in [5.41, 5.74) is -1.48. The summed E-state index contributed by atoms with van der Waals surface area (Å²) in [5.74, 6) is -1.65. The van der Waals surface area contributed by atoms with Crippen molar-refractivity contribution in [2.75, 3.05) is 17.1 Å². The van der Waals surface area contributed by atoms with Crippen molar-refractivity contribution < 1.29 is 35.5 Å². The Balaban J connectivity index is 1.57. The van der Waals surface area contributed by atoms with Crippen LogP contribution in [-0.2, 0) is 25.7 Å². The SMILES string of the molecule is COC(C(=O)Nc1ccc(-c2cncc(F)c2)cc1C(F)(F)F)c1csc(NS(=O)(=O)C2CC2)n1. The molecule has 1 fully saturated rings. The maximum absolute atomic E-state index is 13.8. The minimum absolute atomic E-state index is 0.0192. The highest BCUT2D eigenvalue weighted by molar-refractivity contribution is 7.93. The van der Waals surface area contributed by atoms with E-state index in [2.05, 4.69) is 20.0 Å². The molecule has 1 unspecified atom stereocenters. The van der Waals surface area contributed by atoms with E-state index < -0.39 is 50.5 Å². The molecule has 8 nitrogen and oxygen atoms in total. The number of nitrogens with one attached hydrogen (secondary N) is 2. The number of halogens is 4. The van der Waals surface area contributed by atoms with Gasteiger partial charge in [0.1, 0.15) is 5.82 Å². The molecule has 14 heteroatoms. The van der Waals surface area contributed by atoms with E-state index in [-0.39, 0.29) is 22.0 Å². The third-order valence-corrected chi connectivity index (χ3v) is 7.81. The van der Waals surface area contributed by atoms with Crippen LogP contribution >= 0.6 is 11.3 Å². The van der Waals surface area contributed by atoms with Crippen LogP contribution in [0.15, 0.2) is 42.0 Å². The van der Waals surface area contributed by atoms with E-state index >= 15 is 0 Å². The first-order valence-corrected chi connectivity index (χ1v) is 12.5. The molecule has 1 atom stereocenters. The summed E-state index contributed by atoms with van der Waals surface area (Å²) in [6.07, 6.45) is -3.00. The number of carbonyl (C=O) groups excluding carboxylic acids is 1. The largest absolute Gasteiger partial charge is 0.418 e. The fourth-order valence-electron chi connectivity index (χ4n) is 3.23. The molecule has 3 aromatic rings. The maximum Gasteiger partial charge on any atom is 0.418 e. The van der Waals surface area contributed by atoms with Crippen molar-refractivity contribution in [3.8, 4) is 11.1 Å². The van der Waals surface area contributed by atoms with Crippen LogP contribution in [0.4, 0.5) is 28.4 Å². The Morgan fingerprint density at radius 2 is 1.94 bits per heavy atom. The minimum Gasteiger partial charge on any atom is -0.365 e. The fraction of sp³-hybridized carbons (Fsp3) is 0.286. The first kappa shape index (κ1) is 25.0. The average Bonchev–Trinajstić information content (AvgIpc) is 3.56. The van der Waals surface area contributed by atoms with Gasteiger partial charge in [-0.15, -0.1) is 11.3 Å². The third-order valence-electron chi connectivity index (χ3n) is 5.08. The number of nitrogens with zero attached hydrogens (tertiary/aromatic N) is 2. The van der Waals surface area contributed by atoms with Crippen molar-refractivity contribution in [1.29, 1.82) is 0 Å². The molecule has 0 aliphatic heterocycles. The second-order valence-corrected chi connectivity index (χ2v) is 10.5. The highest BCUT2D eigenvalue weighted by Gasteiger charge is 2.37. The zero-order valence-electron chi connectivity index (χ0n) is 18.0. The Kier molecular flexibility index (Phi) is 6.79. The zero-order valence-corrected chi connectivity index (χ0v) is 19.6. The number of thiazole rings is 1. The predicted octanol–water partition coefficient (Wildman–Crippen LogP) is 4.59. The van der Waals surface area contributed by atoms with E-state index in [1.54, 1.807) is 0 Å². The molecule has 186 valence electrons. The predicted molar refractivity (Wildman–Crippen MR) is 121 cm³/mol. The lowest BCUT2D eigenvalue weighted by atomic mass is 10.0. The summed E-state index contributed by atoms with van der Waals surface area (Å²) in [4.78, 5) is 20.5. The van der Waals surface area contributed by atoms with Gasteiger partial charge in [-0.1, -0.05) is 6.07 Å². The molecule has 1 aliphatic carbocycles. The number of anilines is 2. The summed E-state index contributed by atoms with van der Waals surface area (Å²) >= 11 is 0.919. The van der Waals surface area contributed by atoms with Crippen LogP contribution in [0.3, 0.4) is 0 Å². The van der Waals surface area contributed by atoms with Gasteiger partial charge in [0.15, 0.2) is 11.2 Å². The van der Waals surface area contributed by atoms with E-state index in [4.69, 9.17) is 4.74 Å². The number of benzene rings is 1. The second-order valence-electron chi connectivity index (χ2n) is 7.68. The van der Waals surface area contributed by atoms with Gasteiger partial charge in [0.25, 0.3) is 5.91 Å². The molecule has 0 radical (unpaired) electrons. The highest BCUT2D eigenvalue weighted by Crippen LogP contribution is 2.38. The number of hydrogen-bond donors (Lipinski definition) is 2. The third kappa shape index (κ3) is 5.77. The molecule has 1 amide bonds. The number of methoxy groups -OCH3 is 1. The Morgan fingerprint density at radius 3 is 2.57 bits per heavy atom. The molecule has 0 saturated heterocycles. The first-order chi connectivity index (χ1) is 16.5. The molecular formula is C21H18F4N4O4S2. The van der Waals surface area contributed by atoms with E-state index in [9.17, 15) is 30.8 Å². The monoisotopic (exact) mass is 530 g/mol. The Bertz CT molecular complexity index is 1360. The van der Waals surface area contributed by atoms with Gasteiger partial charge in [-0.3, -0.25) is 14.5 Å². The summed E-state index contributed by atoms with van der Waals surface area (Å²) in [6.45, 7) is 0. The molecule has 35 heavy (non-hydrogen) atoms. The number of carbonyl (C=O) groups is 1. The number of sulfonamides is 1. The molecule has 2 aromatic heterocycles. The van der Waals surface area contributed by atoms with Gasteiger partial charge >= 0.3 is 6.18 Å². The molecule has 1 aliphatic rings. The van der Waals surface area contributed by atoms with Gasteiger partial charge in [0.05, 0.1) is 28.4 Å². The summed E-state index contributed by atoms with van der Waals surface area (Å²) in [7, 11) is -2.41. The number of ether oxygens (including phenoxy) is 1. The van der Waals surface area contributed by atoms with Gasteiger partial charge < -0.3 is 10.1 Å². The molecular weight excluding hydrogens is 512 g/mol. The Hall–Kier alpha value is -3.10. The number of aromatic nitrogens is 2. The summed E-state index contributed by atoms with van der Waals surface area (Å²) < 4.78 is 86.4. The van der Waals surface area contributed by atoms with Crippen LogP contribution in [0.5, 0.6) is 0 Å². The molecule has 4 rings (SSSR count). The van der Waals surface area contributed by atoms with Crippen LogP contribution in [0.25, 0.3) is 11.1 Å². The zero-order chi connectivity index (χ0) is 25.4. The van der Waals surface area contributed by atoms with E-state index in [1.165, 1.54) is 24.8 Å². The molecule has 2 heterocycles. The van der Waals surface area contributed by atoms with Crippen LogP contribution < -0.4 is 10.0 Å². The molecule has 1 aromatic carbocycles. The van der Waals surface area contributed by atoms with Crippen molar-refractivity contribution in [3.05, 3.63) is 59.1 Å². The topological polar surface area (TPSA) is 110 Å². The smallest absolute Gasteiger partial charge is 0.365 e. The summed E-state index contributed by atoms with van der Waals surface area (Å²) in [5, 5.41) is 3.11. The number of amides is 1. The van der Waals surface area contributed by atoms with Crippen LogP contribution in [0.2, 0.25) is 0 Å². The van der Waals surface area contributed by atoms with Crippen molar-refractivity contribution in [3.63, 3.8) is 0 Å². The van der Waals surface area contributed by atoms with Crippen molar-refractivity contribution in [2.45, 2.75) is 30.4 Å². The van der Waals surface area contributed by atoms with Crippen molar-refractivity contribution in [1.82, 2.24) is 9.97 Å². The van der Waals surface area contributed by atoms with Gasteiger partial charge in [0.2, 0.25) is 10.0 Å². The normalized spacial score (nSPS) is 15.0. The number of alkyl halides is 3.